The number of rotatable bonds is 5. The van der Waals surface area contributed by atoms with Crippen LogP contribution in [0.3, 0.4) is 0 Å². The SMILES string of the molecule is CC(C)CCC[C@@H](C)[C@H]1C(O)C[C@H]2[C@@H]3C(O)C=C4CCCC[C@]4(C)[C@H]3CC[C@]12C. The Balaban J connectivity index is 1.57. The van der Waals surface area contributed by atoms with E-state index in [-0.39, 0.29) is 17.6 Å². The Bertz CT molecular complexity index is 624. The Kier molecular flexibility index (Phi) is 6.01. The van der Waals surface area contributed by atoms with E-state index in [1.807, 2.05) is 0 Å². The quantitative estimate of drug-likeness (QED) is 0.525. The second-order valence-electron chi connectivity index (χ2n) is 12.3. The zero-order valence-electron chi connectivity index (χ0n) is 19.7. The van der Waals surface area contributed by atoms with Crippen LogP contribution in [0.4, 0.5) is 0 Å². The number of fused-ring (bicyclic) bond motifs is 5. The van der Waals surface area contributed by atoms with Crippen molar-refractivity contribution < 1.29 is 10.2 Å². The summed E-state index contributed by atoms with van der Waals surface area (Å²) in [5.74, 6) is 3.18. The van der Waals surface area contributed by atoms with E-state index in [0.29, 0.717) is 35.0 Å². The van der Waals surface area contributed by atoms with Gasteiger partial charge in [0, 0.05) is 0 Å². The Hall–Kier alpha value is -0.340. The number of hydrogen-bond acceptors (Lipinski definition) is 2. The standard InChI is InChI=1S/C27H46O2/c1-17(2)9-8-10-18(3)25-23(29)16-21-24-20(12-14-27(21,25)5)26(4)13-7-6-11-19(26)15-22(24)28/h15,17-18,20-25,28-29H,6-14,16H2,1-5H3/t18-,20+,21+,22?,23?,24-,25+,26+,27+/m1/s1. The maximum absolute atomic E-state index is 11.3. The first-order valence-electron chi connectivity index (χ1n) is 12.8. The molecule has 0 saturated heterocycles. The first kappa shape index (κ1) is 21.9. The van der Waals surface area contributed by atoms with E-state index in [1.54, 1.807) is 5.57 Å². The van der Waals surface area contributed by atoms with Gasteiger partial charge in [-0.05, 0) is 84.9 Å². The molecule has 0 aliphatic heterocycles. The normalized spacial score (nSPS) is 47.9. The van der Waals surface area contributed by atoms with Crippen LogP contribution >= 0.6 is 0 Å². The molecule has 4 aliphatic carbocycles. The first-order chi connectivity index (χ1) is 13.7. The van der Waals surface area contributed by atoms with Crippen LogP contribution in [0.5, 0.6) is 0 Å². The summed E-state index contributed by atoms with van der Waals surface area (Å²) in [5.41, 5.74) is 2.04. The number of aliphatic hydroxyl groups excluding tert-OH is 2. The van der Waals surface area contributed by atoms with Crippen molar-refractivity contribution in [3.05, 3.63) is 11.6 Å². The van der Waals surface area contributed by atoms with Crippen LogP contribution in [0.1, 0.15) is 98.8 Å². The molecule has 0 aromatic heterocycles. The van der Waals surface area contributed by atoms with Gasteiger partial charge in [-0.15, -0.1) is 0 Å². The largest absolute Gasteiger partial charge is 0.393 e. The smallest absolute Gasteiger partial charge is 0.0757 e. The summed E-state index contributed by atoms with van der Waals surface area (Å²) >= 11 is 0. The number of allylic oxidation sites excluding steroid dienone is 1. The third-order valence-electron chi connectivity index (χ3n) is 10.2. The summed E-state index contributed by atoms with van der Waals surface area (Å²) in [6, 6.07) is 0. The van der Waals surface area contributed by atoms with Crippen molar-refractivity contribution in [2.75, 3.05) is 0 Å². The molecule has 3 fully saturated rings. The maximum Gasteiger partial charge on any atom is 0.0757 e. The topological polar surface area (TPSA) is 40.5 Å². The molecular formula is C27H46O2. The zero-order chi connectivity index (χ0) is 21.0. The molecule has 2 unspecified atom stereocenters. The van der Waals surface area contributed by atoms with Gasteiger partial charge in [0.15, 0.2) is 0 Å². The van der Waals surface area contributed by atoms with E-state index in [2.05, 4.69) is 40.7 Å². The Morgan fingerprint density at radius 3 is 2.52 bits per heavy atom. The van der Waals surface area contributed by atoms with Gasteiger partial charge in [0.2, 0.25) is 0 Å². The highest BCUT2D eigenvalue weighted by Crippen LogP contribution is 2.67. The van der Waals surface area contributed by atoms with Crippen molar-refractivity contribution in [2.24, 2.45) is 46.3 Å². The van der Waals surface area contributed by atoms with E-state index >= 15 is 0 Å². The molecule has 0 spiro atoms. The predicted molar refractivity (Wildman–Crippen MR) is 120 cm³/mol. The van der Waals surface area contributed by atoms with Gasteiger partial charge in [0.1, 0.15) is 0 Å². The fourth-order valence-electron chi connectivity index (χ4n) is 8.80. The van der Waals surface area contributed by atoms with Crippen molar-refractivity contribution in [1.29, 1.82) is 0 Å². The fourth-order valence-corrected chi connectivity index (χ4v) is 8.80. The average molecular weight is 403 g/mol. The monoisotopic (exact) mass is 402 g/mol. The molecular weight excluding hydrogens is 356 g/mol. The number of aliphatic hydroxyl groups is 2. The summed E-state index contributed by atoms with van der Waals surface area (Å²) in [6.07, 6.45) is 14.1. The molecule has 2 nitrogen and oxygen atoms in total. The van der Waals surface area contributed by atoms with Crippen molar-refractivity contribution in [1.82, 2.24) is 0 Å². The summed E-state index contributed by atoms with van der Waals surface area (Å²) in [7, 11) is 0. The van der Waals surface area contributed by atoms with Crippen molar-refractivity contribution >= 4 is 0 Å². The van der Waals surface area contributed by atoms with Gasteiger partial charge in [-0.25, -0.2) is 0 Å². The molecule has 2 N–H and O–H groups in total. The van der Waals surface area contributed by atoms with Crippen LogP contribution < -0.4 is 0 Å². The molecule has 4 rings (SSSR count). The lowest BCUT2D eigenvalue weighted by molar-refractivity contribution is -0.0942. The lowest BCUT2D eigenvalue weighted by Crippen LogP contribution is -2.54. The molecule has 3 saturated carbocycles. The van der Waals surface area contributed by atoms with Gasteiger partial charge in [0.25, 0.3) is 0 Å². The van der Waals surface area contributed by atoms with E-state index in [4.69, 9.17) is 0 Å². The minimum atomic E-state index is -0.298. The summed E-state index contributed by atoms with van der Waals surface area (Å²) in [6.45, 7) is 12.0. The van der Waals surface area contributed by atoms with Crippen LogP contribution in [0, 0.1) is 46.3 Å². The lowest BCUT2D eigenvalue weighted by atomic mass is 9.46. The number of hydrogen-bond donors (Lipinski definition) is 2. The molecule has 2 heteroatoms. The average Bonchev–Trinajstić information content (AvgIpc) is 2.92. The van der Waals surface area contributed by atoms with Crippen molar-refractivity contribution in [2.45, 2.75) is 111 Å². The van der Waals surface area contributed by atoms with Gasteiger partial charge in [-0.3, -0.25) is 0 Å². The molecule has 0 aromatic rings. The van der Waals surface area contributed by atoms with Gasteiger partial charge < -0.3 is 10.2 Å². The molecule has 9 atom stereocenters. The van der Waals surface area contributed by atoms with Gasteiger partial charge in [0.05, 0.1) is 12.2 Å². The highest BCUT2D eigenvalue weighted by molar-refractivity contribution is 5.27. The zero-order valence-corrected chi connectivity index (χ0v) is 19.7. The molecule has 0 amide bonds. The van der Waals surface area contributed by atoms with Crippen molar-refractivity contribution in [3.63, 3.8) is 0 Å². The molecule has 0 bridgehead atoms. The maximum atomic E-state index is 11.3. The van der Waals surface area contributed by atoms with Crippen LogP contribution in [-0.4, -0.2) is 22.4 Å². The third-order valence-corrected chi connectivity index (χ3v) is 10.2. The molecule has 166 valence electrons. The van der Waals surface area contributed by atoms with E-state index in [0.717, 1.165) is 12.3 Å². The Morgan fingerprint density at radius 2 is 1.79 bits per heavy atom. The van der Waals surface area contributed by atoms with Crippen LogP contribution in [0.15, 0.2) is 11.6 Å². The third kappa shape index (κ3) is 3.55. The van der Waals surface area contributed by atoms with Crippen LogP contribution in [0.2, 0.25) is 0 Å². The van der Waals surface area contributed by atoms with Crippen molar-refractivity contribution in [3.8, 4) is 0 Å². The van der Waals surface area contributed by atoms with E-state index in [1.165, 1.54) is 57.8 Å². The first-order valence-corrected chi connectivity index (χ1v) is 12.8. The minimum Gasteiger partial charge on any atom is -0.393 e. The highest BCUT2D eigenvalue weighted by atomic mass is 16.3. The van der Waals surface area contributed by atoms with Crippen LogP contribution in [0.25, 0.3) is 0 Å². The predicted octanol–water partition coefficient (Wildman–Crippen LogP) is 6.36. The van der Waals surface area contributed by atoms with Gasteiger partial charge in [-0.2, -0.15) is 0 Å². The summed E-state index contributed by atoms with van der Waals surface area (Å²) in [5, 5.41) is 22.5. The molecule has 29 heavy (non-hydrogen) atoms. The highest BCUT2D eigenvalue weighted by Gasteiger charge is 2.63. The molecule has 4 aliphatic rings. The van der Waals surface area contributed by atoms with Gasteiger partial charge >= 0.3 is 0 Å². The second kappa shape index (κ2) is 7.97. The Labute approximate surface area is 179 Å². The van der Waals surface area contributed by atoms with E-state index < -0.39 is 0 Å². The Morgan fingerprint density at radius 1 is 1.03 bits per heavy atom. The molecule has 0 heterocycles. The summed E-state index contributed by atoms with van der Waals surface area (Å²) < 4.78 is 0. The lowest BCUT2D eigenvalue weighted by Gasteiger charge is -2.59. The van der Waals surface area contributed by atoms with Gasteiger partial charge in [-0.1, -0.05) is 72.0 Å². The fraction of sp³-hybridized carbons (Fsp3) is 0.926. The molecule has 0 radical (unpaired) electrons. The van der Waals surface area contributed by atoms with E-state index in [9.17, 15) is 10.2 Å². The summed E-state index contributed by atoms with van der Waals surface area (Å²) in [4.78, 5) is 0. The second-order valence-corrected chi connectivity index (χ2v) is 12.3. The minimum absolute atomic E-state index is 0.186. The molecule has 0 aromatic carbocycles. The van der Waals surface area contributed by atoms with Crippen LogP contribution in [-0.2, 0) is 0 Å².